The van der Waals surface area contributed by atoms with Gasteiger partial charge >= 0.3 is 17.9 Å². The number of ether oxygens (including phenoxy) is 3. The summed E-state index contributed by atoms with van der Waals surface area (Å²) in [5.41, 5.74) is 0. The predicted molar refractivity (Wildman–Crippen MR) is 362 cm³/mol. The number of esters is 3. The number of hydrogen-bond donors (Lipinski definition) is 0. The fourth-order valence-electron chi connectivity index (χ4n) is 9.00. The fourth-order valence-corrected chi connectivity index (χ4v) is 9.00. The molecule has 0 fully saturated rings. The van der Waals surface area contributed by atoms with Gasteiger partial charge in [-0.3, -0.25) is 14.4 Å². The topological polar surface area (TPSA) is 78.9 Å². The Hall–Kier alpha value is -4.97. The molecule has 0 aliphatic heterocycles. The highest BCUT2D eigenvalue weighted by Crippen LogP contribution is 2.15. The van der Waals surface area contributed by atoms with Crippen molar-refractivity contribution in [3.05, 3.63) is 158 Å². The molecule has 468 valence electrons. The van der Waals surface area contributed by atoms with Gasteiger partial charge in [-0.25, -0.2) is 0 Å². The molecule has 6 nitrogen and oxygen atoms in total. The molecule has 1 unspecified atom stereocenters. The van der Waals surface area contributed by atoms with E-state index in [9.17, 15) is 14.4 Å². The van der Waals surface area contributed by atoms with Crippen LogP contribution in [0.2, 0.25) is 0 Å². The van der Waals surface area contributed by atoms with Crippen LogP contribution in [-0.2, 0) is 28.6 Å². The van der Waals surface area contributed by atoms with Gasteiger partial charge in [-0.1, -0.05) is 294 Å². The molecule has 0 radical (unpaired) electrons. The summed E-state index contributed by atoms with van der Waals surface area (Å²) >= 11 is 0. The number of allylic oxidation sites excluding steroid dienone is 26. The number of carbonyl (C=O) groups excluding carboxylic acids is 3. The van der Waals surface area contributed by atoms with Crippen molar-refractivity contribution >= 4 is 17.9 Å². The molecule has 0 N–H and O–H groups in total. The van der Waals surface area contributed by atoms with Crippen LogP contribution < -0.4 is 0 Å². The Morgan fingerprint density at radius 2 is 0.494 bits per heavy atom. The van der Waals surface area contributed by atoms with Crippen molar-refractivity contribution in [2.45, 2.75) is 297 Å². The van der Waals surface area contributed by atoms with Gasteiger partial charge in [0.15, 0.2) is 6.10 Å². The Balaban J connectivity index is 4.51. The second-order valence-corrected chi connectivity index (χ2v) is 22.0. The molecule has 6 heteroatoms. The summed E-state index contributed by atoms with van der Waals surface area (Å²) in [7, 11) is 0. The highest BCUT2D eigenvalue weighted by Gasteiger charge is 2.19. The van der Waals surface area contributed by atoms with E-state index < -0.39 is 6.10 Å². The molecular weight excluding hydrogens is 1020 g/mol. The van der Waals surface area contributed by atoms with E-state index in [0.717, 1.165) is 122 Å². The molecule has 0 aliphatic carbocycles. The first-order chi connectivity index (χ1) is 41.0. The van der Waals surface area contributed by atoms with Crippen LogP contribution in [0.25, 0.3) is 0 Å². The zero-order valence-corrected chi connectivity index (χ0v) is 53.7. The van der Waals surface area contributed by atoms with Crippen LogP contribution in [0, 0.1) is 0 Å². The van der Waals surface area contributed by atoms with Crippen LogP contribution in [0.3, 0.4) is 0 Å². The van der Waals surface area contributed by atoms with Gasteiger partial charge < -0.3 is 14.2 Å². The number of carbonyl (C=O) groups is 3. The molecule has 0 heterocycles. The second kappa shape index (κ2) is 69.5. The summed E-state index contributed by atoms with van der Waals surface area (Å²) in [5, 5.41) is 0. The molecule has 0 spiro atoms. The zero-order valence-electron chi connectivity index (χ0n) is 53.7. The molecule has 0 amide bonds. The van der Waals surface area contributed by atoms with Crippen molar-refractivity contribution < 1.29 is 28.6 Å². The van der Waals surface area contributed by atoms with Gasteiger partial charge in [-0.2, -0.15) is 0 Å². The second-order valence-electron chi connectivity index (χ2n) is 22.0. The van der Waals surface area contributed by atoms with Crippen LogP contribution >= 0.6 is 0 Å². The molecule has 1 atom stereocenters. The van der Waals surface area contributed by atoms with Crippen molar-refractivity contribution in [3.8, 4) is 0 Å². The summed E-state index contributed by atoms with van der Waals surface area (Å²) in [6.45, 7) is 6.34. The van der Waals surface area contributed by atoms with Gasteiger partial charge in [0.05, 0.1) is 0 Å². The molecular formula is C77H124O6. The first-order valence-electron chi connectivity index (χ1n) is 34.0. The third-order valence-corrected chi connectivity index (χ3v) is 14.0. The van der Waals surface area contributed by atoms with Gasteiger partial charge in [0.2, 0.25) is 0 Å². The molecule has 0 rings (SSSR count). The minimum Gasteiger partial charge on any atom is -0.462 e. The van der Waals surface area contributed by atoms with E-state index in [-0.39, 0.29) is 37.5 Å². The molecule has 0 aromatic carbocycles. The lowest BCUT2D eigenvalue weighted by molar-refractivity contribution is -0.166. The Bertz CT molecular complexity index is 1840. The predicted octanol–water partition coefficient (Wildman–Crippen LogP) is 23.7. The average molecular weight is 1150 g/mol. The van der Waals surface area contributed by atoms with E-state index in [4.69, 9.17) is 14.2 Å². The monoisotopic (exact) mass is 1140 g/mol. The third-order valence-electron chi connectivity index (χ3n) is 14.0. The van der Waals surface area contributed by atoms with E-state index in [1.165, 1.54) is 122 Å². The van der Waals surface area contributed by atoms with Crippen LogP contribution in [0.5, 0.6) is 0 Å². The quantitative estimate of drug-likeness (QED) is 0.0261. The highest BCUT2D eigenvalue weighted by molar-refractivity contribution is 5.71. The number of hydrogen-bond acceptors (Lipinski definition) is 6. The van der Waals surface area contributed by atoms with Crippen molar-refractivity contribution in [1.82, 2.24) is 0 Å². The number of rotatable bonds is 60. The molecule has 83 heavy (non-hydrogen) atoms. The minimum atomic E-state index is -0.825. The lowest BCUT2D eigenvalue weighted by Gasteiger charge is -2.18. The Morgan fingerprint density at radius 1 is 0.253 bits per heavy atom. The fraction of sp³-hybridized carbons (Fsp3) is 0.623. The smallest absolute Gasteiger partial charge is 0.306 e. The van der Waals surface area contributed by atoms with Gasteiger partial charge in [-0.15, -0.1) is 0 Å². The standard InChI is InChI=1S/C77H124O6/c1-4-7-10-13-16-19-22-25-28-31-34-36-38-40-43-46-49-52-55-58-61-64-67-70-76(79)82-73-74(72-81-75(78)69-66-63-60-57-54-51-48-45-42-33-30-27-24-21-18-15-12-9-6-3)83-77(80)71-68-65-62-59-56-53-50-47-44-41-39-37-35-32-29-26-23-20-17-14-11-8-5-2/h7,9-10,12,16,18-19,21,23,25-28,30,32,34-36,39,41-42,45,51,54,60,63,74H,4-6,8,11,13-15,17,20,22,24,29,31,33,37-38,40,43-44,46-50,52-53,55-59,61-62,64-73H2,1-3H3/b10-7-,12-9-,19-16-,21-18-,26-23-,28-25-,30-27-,35-32-,36-34-,41-39-,45-42-,54-51-,63-60-. The van der Waals surface area contributed by atoms with Crippen LogP contribution in [-0.4, -0.2) is 37.2 Å². The molecule has 0 saturated heterocycles. The van der Waals surface area contributed by atoms with Crippen LogP contribution in [0.4, 0.5) is 0 Å². The highest BCUT2D eigenvalue weighted by atomic mass is 16.6. The van der Waals surface area contributed by atoms with Gasteiger partial charge in [0.25, 0.3) is 0 Å². The number of unbranched alkanes of at least 4 members (excludes halogenated alkanes) is 23. The van der Waals surface area contributed by atoms with E-state index in [0.29, 0.717) is 19.3 Å². The van der Waals surface area contributed by atoms with Crippen molar-refractivity contribution in [3.63, 3.8) is 0 Å². The van der Waals surface area contributed by atoms with E-state index >= 15 is 0 Å². The average Bonchev–Trinajstić information content (AvgIpc) is 3.49. The Kier molecular flexibility index (Phi) is 65.4. The largest absolute Gasteiger partial charge is 0.462 e. The molecule has 0 aromatic heterocycles. The Labute approximate surface area is 511 Å². The van der Waals surface area contributed by atoms with E-state index in [1.807, 2.05) is 6.08 Å². The normalized spacial score (nSPS) is 13.1. The van der Waals surface area contributed by atoms with E-state index in [1.54, 1.807) is 0 Å². The zero-order chi connectivity index (χ0) is 59.9. The molecule has 0 aliphatic rings. The summed E-state index contributed by atoms with van der Waals surface area (Å²) in [5.74, 6) is -1.01. The maximum atomic E-state index is 13.0. The maximum absolute atomic E-state index is 13.0. The molecule has 0 saturated carbocycles. The van der Waals surface area contributed by atoms with Crippen LogP contribution in [0.1, 0.15) is 290 Å². The van der Waals surface area contributed by atoms with Crippen LogP contribution in [0.15, 0.2) is 158 Å². The van der Waals surface area contributed by atoms with Crippen molar-refractivity contribution in [2.75, 3.05) is 13.2 Å². The molecule has 0 aromatic rings. The maximum Gasteiger partial charge on any atom is 0.306 e. The summed E-state index contributed by atoms with van der Waals surface area (Å²) < 4.78 is 16.9. The lowest BCUT2D eigenvalue weighted by atomic mass is 10.1. The lowest BCUT2D eigenvalue weighted by Crippen LogP contribution is -2.30. The van der Waals surface area contributed by atoms with Gasteiger partial charge in [0.1, 0.15) is 13.2 Å². The minimum absolute atomic E-state index is 0.113. The van der Waals surface area contributed by atoms with Gasteiger partial charge in [-0.05, 0) is 135 Å². The first-order valence-corrected chi connectivity index (χ1v) is 34.0. The summed E-state index contributed by atoms with van der Waals surface area (Å²) in [6, 6.07) is 0. The van der Waals surface area contributed by atoms with Crippen molar-refractivity contribution in [1.29, 1.82) is 0 Å². The SMILES string of the molecule is CC/C=C\C/C=C\C/C=C\C/C=C\C/C=C\C/C=C\CCC(=O)OCC(COC(=O)CCCCCCCCCCCC/C=C\C/C=C\C/C=C\C/C=C\CC)OC(=O)CCCCCCCCCC/C=C\C/C=C\C/C=C\CCCCCCC. The van der Waals surface area contributed by atoms with Crippen molar-refractivity contribution in [2.24, 2.45) is 0 Å². The van der Waals surface area contributed by atoms with E-state index in [2.05, 4.69) is 173 Å². The van der Waals surface area contributed by atoms with Gasteiger partial charge in [0, 0.05) is 19.3 Å². The first kappa shape index (κ1) is 78.0. The summed E-state index contributed by atoms with van der Waals surface area (Å²) in [6.07, 6.45) is 101. The Morgan fingerprint density at radius 3 is 0.807 bits per heavy atom. The summed E-state index contributed by atoms with van der Waals surface area (Å²) in [4.78, 5) is 38.4. The third kappa shape index (κ3) is 67.7. The molecule has 0 bridgehead atoms.